The zero-order valence-corrected chi connectivity index (χ0v) is 19.6. The van der Waals surface area contributed by atoms with Crippen LogP contribution in [-0.2, 0) is 14.8 Å². The van der Waals surface area contributed by atoms with E-state index in [0.717, 1.165) is 16.9 Å². The maximum atomic E-state index is 12.3. The molecule has 1 aromatic heterocycles. The van der Waals surface area contributed by atoms with Crippen molar-refractivity contribution in [3.05, 3.63) is 48.2 Å². The van der Waals surface area contributed by atoms with Gasteiger partial charge in [-0.3, -0.25) is 0 Å². The van der Waals surface area contributed by atoms with Crippen LogP contribution in [0.15, 0.2) is 47.5 Å². The Hall–Kier alpha value is -3.61. The predicted octanol–water partition coefficient (Wildman–Crippen LogP) is 2.75. The molecular formula is C22H26N6O5S. The van der Waals surface area contributed by atoms with Crippen LogP contribution in [0.25, 0.3) is 0 Å². The summed E-state index contributed by atoms with van der Waals surface area (Å²) in [6, 6.07) is 10.6. The molecule has 0 saturated carbocycles. The van der Waals surface area contributed by atoms with Gasteiger partial charge in [0.2, 0.25) is 16.0 Å². The fourth-order valence-corrected chi connectivity index (χ4v) is 4.25. The van der Waals surface area contributed by atoms with Crippen molar-refractivity contribution in [2.24, 2.45) is 5.14 Å². The molecule has 5 N–H and O–H groups in total. The van der Waals surface area contributed by atoms with Gasteiger partial charge in [0.05, 0.1) is 12.3 Å². The van der Waals surface area contributed by atoms with Crippen LogP contribution >= 0.6 is 0 Å². The Bertz CT molecular complexity index is 1280. The summed E-state index contributed by atoms with van der Waals surface area (Å²) in [5.74, 6) is 1.09. The van der Waals surface area contributed by atoms with E-state index < -0.39 is 10.0 Å². The highest BCUT2D eigenvalue weighted by Gasteiger charge is 2.27. The normalized spacial score (nSPS) is 12.8. The molecule has 1 aliphatic rings. The molecular weight excluding hydrogens is 460 g/mol. The second kappa shape index (κ2) is 10.1. The van der Waals surface area contributed by atoms with Crippen LogP contribution in [0, 0.1) is 6.92 Å². The van der Waals surface area contributed by atoms with Crippen molar-refractivity contribution in [1.82, 2.24) is 9.97 Å². The van der Waals surface area contributed by atoms with Gasteiger partial charge in [-0.05, 0) is 42.8 Å². The maximum Gasteiger partial charge on any atom is 0.243 e. The molecule has 0 unspecified atom stereocenters. The van der Waals surface area contributed by atoms with Gasteiger partial charge in [0.1, 0.15) is 19.0 Å². The lowest BCUT2D eigenvalue weighted by molar-refractivity contribution is 0.167. The highest BCUT2D eigenvalue weighted by Crippen LogP contribution is 2.41. The number of aromatic nitrogens is 2. The summed E-state index contributed by atoms with van der Waals surface area (Å²) in [5, 5.41) is 15.0. The van der Waals surface area contributed by atoms with Gasteiger partial charge in [0.25, 0.3) is 0 Å². The van der Waals surface area contributed by atoms with Crippen molar-refractivity contribution in [2.75, 3.05) is 49.4 Å². The zero-order valence-electron chi connectivity index (χ0n) is 18.8. The lowest BCUT2D eigenvalue weighted by Gasteiger charge is -2.22. The van der Waals surface area contributed by atoms with Crippen LogP contribution < -0.4 is 30.6 Å². The number of hydrogen-bond donors (Lipinski definition) is 4. The SMILES string of the molecule is COCCNc1cc(Nc2nccc(Nc3ccc4c(c3S(N)(=O)=O)OCCO4)n2)ccc1C. The van der Waals surface area contributed by atoms with Crippen molar-refractivity contribution >= 4 is 38.9 Å². The van der Waals surface area contributed by atoms with E-state index in [1.807, 2.05) is 25.1 Å². The van der Waals surface area contributed by atoms with E-state index in [4.69, 9.17) is 19.3 Å². The van der Waals surface area contributed by atoms with Crippen LogP contribution in [-0.4, -0.2) is 51.9 Å². The van der Waals surface area contributed by atoms with Gasteiger partial charge >= 0.3 is 0 Å². The van der Waals surface area contributed by atoms with Crippen LogP contribution in [0.3, 0.4) is 0 Å². The minimum Gasteiger partial charge on any atom is -0.486 e. The number of methoxy groups -OCH3 is 1. The lowest BCUT2D eigenvalue weighted by Crippen LogP contribution is -2.21. The van der Waals surface area contributed by atoms with E-state index in [2.05, 4.69) is 25.9 Å². The van der Waals surface area contributed by atoms with E-state index in [9.17, 15) is 8.42 Å². The first-order chi connectivity index (χ1) is 16.3. The third-order valence-corrected chi connectivity index (χ3v) is 5.96. The number of nitrogens with two attached hydrogens (primary N) is 1. The minimum absolute atomic E-state index is 0.0827. The number of hydrogen-bond acceptors (Lipinski definition) is 10. The number of nitrogens with one attached hydrogen (secondary N) is 3. The van der Waals surface area contributed by atoms with Crippen molar-refractivity contribution in [3.8, 4) is 11.5 Å². The lowest BCUT2D eigenvalue weighted by atomic mass is 10.2. The predicted molar refractivity (Wildman–Crippen MR) is 129 cm³/mol. The standard InChI is InChI=1S/C22H26N6O5S/c1-14-3-4-15(13-17(14)24-9-10-31-2)26-22-25-8-7-19(28-22)27-16-5-6-18-20(33-12-11-32-18)21(16)34(23,29)30/h3-8,13,24H,9-12H2,1-2H3,(H2,23,29,30)(H2,25,26,27,28). The average Bonchev–Trinajstić information content (AvgIpc) is 2.80. The molecule has 0 aliphatic carbocycles. The van der Waals surface area contributed by atoms with Gasteiger partial charge in [-0.2, -0.15) is 4.98 Å². The Morgan fingerprint density at radius 3 is 2.71 bits per heavy atom. The van der Waals surface area contributed by atoms with E-state index in [0.29, 0.717) is 37.3 Å². The molecule has 0 spiro atoms. The third kappa shape index (κ3) is 5.47. The highest BCUT2D eigenvalue weighted by molar-refractivity contribution is 7.89. The number of primary sulfonamides is 1. The molecule has 180 valence electrons. The van der Waals surface area contributed by atoms with Gasteiger partial charge in [0.15, 0.2) is 16.4 Å². The van der Waals surface area contributed by atoms with Crippen molar-refractivity contribution in [3.63, 3.8) is 0 Å². The molecule has 0 saturated heterocycles. The fourth-order valence-electron chi connectivity index (χ4n) is 3.40. The Morgan fingerprint density at radius 1 is 1.09 bits per heavy atom. The van der Waals surface area contributed by atoms with Crippen molar-refractivity contribution in [1.29, 1.82) is 0 Å². The number of sulfonamides is 1. The van der Waals surface area contributed by atoms with Gasteiger partial charge in [-0.25, -0.2) is 18.5 Å². The van der Waals surface area contributed by atoms with E-state index in [1.54, 1.807) is 31.5 Å². The average molecular weight is 487 g/mol. The molecule has 0 radical (unpaired) electrons. The van der Waals surface area contributed by atoms with Gasteiger partial charge in [-0.1, -0.05) is 6.07 Å². The Balaban J connectivity index is 1.57. The number of benzene rings is 2. The topological polar surface area (TPSA) is 150 Å². The Morgan fingerprint density at radius 2 is 1.91 bits per heavy atom. The van der Waals surface area contributed by atoms with E-state index in [-0.39, 0.29) is 22.9 Å². The van der Waals surface area contributed by atoms with Gasteiger partial charge in [0, 0.05) is 31.2 Å². The second-order valence-electron chi connectivity index (χ2n) is 7.48. The molecule has 34 heavy (non-hydrogen) atoms. The summed E-state index contributed by atoms with van der Waals surface area (Å²) in [7, 11) is -2.46. The van der Waals surface area contributed by atoms with Crippen LogP contribution in [0.1, 0.15) is 5.56 Å². The van der Waals surface area contributed by atoms with Gasteiger partial charge < -0.3 is 30.2 Å². The van der Waals surface area contributed by atoms with Crippen LogP contribution in [0.2, 0.25) is 0 Å². The van der Waals surface area contributed by atoms with Crippen LogP contribution in [0.4, 0.5) is 28.8 Å². The molecule has 0 fully saturated rings. The quantitative estimate of drug-likeness (QED) is 0.332. The molecule has 3 aromatic rings. The number of anilines is 5. The zero-order chi connectivity index (χ0) is 24.1. The second-order valence-corrected chi connectivity index (χ2v) is 8.97. The molecule has 0 atom stereocenters. The minimum atomic E-state index is -4.11. The molecule has 1 aliphatic heterocycles. The Labute approximate surface area is 197 Å². The van der Waals surface area contributed by atoms with Crippen molar-refractivity contribution < 1.29 is 22.6 Å². The smallest absolute Gasteiger partial charge is 0.243 e. The fraction of sp³-hybridized carbons (Fsp3) is 0.273. The Kier molecular flexibility index (Phi) is 7.01. The number of aryl methyl sites for hydroxylation is 1. The summed E-state index contributed by atoms with van der Waals surface area (Å²) >= 11 is 0. The van der Waals surface area contributed by atoms with E-state index >= 15 is 0 Å². The number of fused-ring (bicyclic) bond motifs is 1. The number of nitrogens with zero attached hydrogens (tertiary/aromatic N) is 2. The molecule has 0 bridgehead atoms. The summed E-state index contributed by atoms with van der Waals surface area (Å²) in [6.45, 7) is 3.83. The first-order valence-corrected chi connectivity index (χ1v) is 12.1. The molecule has 11 nitrogen and oxygen atoms in total. The largest absolute Gasteiger partial charge is 0.486 e. The van der Waals surface area contributed by atoms with Crippen molar-refractivity contribution in [2.45, 2.75) is 11.8 Å². The summed E-state index contributed by atoms with van der Waals surface area (Å²) in [6.07, 6.45) is 1.55. The summed E-state index contributed by atoms with van der Waals surface area (Å²) < 4.78 is 40.7. The summed E-state index contributed by atoms with van der Waals surface area (Å²) in [5.41, 5.74) is 3.06. The molecule has 2 heterocycles. The van der Waals surface area contributed by atoms with E-state index in [1.165, 1.54) is 0 Å². The first kappa shape index (κ1) is 23.5. The molecule has 12 heteroatoms. The van der Waals surface area contributed by atoms with Crippen LogP contribution in [0.5, 0.6) is 11.5 Å². The number of rotatable bonds is 9. The van der Waals surface area contributed by atoms with Gasteiger partial charge in [-0.15, -0.1) is 0 Å². The monoisotopic (exact) mass is 486 g/mol. The number of ether oxygens (including phenoxy) is 3. The summed E-state index contributed by atoms with van der Waals surface area (Å²) in [4.78, 5) is 8.51. The molecule has 0 amide bonds. The first-order valence-electron chi connectivity index (χ1n) is 10.5. The molecule has 2 aromatic carbocycles. The molecule has 4 rings (SSSR count). The third-order valence-electron chi connectivity index (χ3n) is 4.98. The highest BCUT2D eigenvalue weighted by atomic mass is 32.2. The maximum absolute atomic E-state index is 12.3.